The number of hydrogen-bond donors (Lipinski definition) is 0. The van der Waals surface area contributed by atoms with Gasteiger partial charge in [0.05, 0.1) is 0 Å². The molecule has 4 heteroatoms. The van der Waals surface area contributed by atoms with Gasteiger partial charge in [0.15, 0.2) is 3.36 Å². The largest absolute Gasteiger partial charge is 0.334 e. The van der Waals surface area contributed by atoms with Crippen molar-refractivity contribution >= 4 is 49.1 Å². The molecule has 0 radical (unpaired) electrons. The zero-order valence-electron chi connectivity index (χ0n) is 9.35. The third kappa shape index (κ3) is 2.09. The minimum absolute atomic E-state index is 0.199. The van der Waals surface area contributed by atoms with Gasteiger partial charge in [-0.1, -0.05) is 41.9 Å². The molecule has 1 aliphatic heterocycles. The van der Waals surface area contributed by atoms with E-state index in [1.54, 1.807) is 0 Å². The van der Waals surface area contributed by atoms with E-state index in [1.165, 1.54) is 11.3 Å². The summed E-state index contributed by atoms with van der Waals surface area (Å²) in [5.41, 5.74) is 2.42. The van der Waals surface area contributed by atoms with Crippen LogP contribution in [0.2, 0.25) is 5.02 Å². The molecule has 18 heavy (non-hydrogen) atoms. The fraction of sp³-hybridized carbons (Fsp3) is 0.143. The Kier molecular flexibility index (Phi) is 3.16. The fourth-order valence-corrected chi connectivity index (χ4v) is 3.83. The maximum atomic E-state index is 5.92. The normalized spacial score (nSPS) is 20.8. The number of alkyl halides is 2. The minimum Gasteiger partial charge on any atom is -0.334 e. The van der Waals surface area contributed by atoms with Crippen molar-refractivity contribution in [2.45, 2.75) is 9.40 Å². The van der Waals surface area contributed by atoms with E-state index in [4.69, 9.17) is 11.6 Å². The second-order valence-corrected chi connectivity index (χ2v) is 8.17. The van der Waals surface area contributed by atoms with E-state index < -0.39 is 0 Å². The quantitative estimate of drug-likeness (QED) is 0.382. The Morgan fingerprint density at radius 1 is 0.944 bits per heavy atom. The lowest BCUT2D eigenvalue weighted by Crippen LogP contribution is -1.99. The highest BCUT2D eigenvalue weighted by atomic mass is 79.9. The first-order valence-electron chi connectivity index (χ1n) is 5.58. The van der Waals surface area contributed by atoms with E-state index in [9.17, 15) is 0 Å². The van der Waals surface area contributed by atoms with Gasteiger partial charge in [-0.05, 0) is 61.7 Å². The Balaban J connectivity index is 1.93. The van der Waals surface area contributed by atoms with Crippen LogP contribution in [-0.2, 0) is 0 Å². The van der Waals surface area contributed by atoms with Crippen molar-refractivity contribution in [3.63, 3.8) is 0 Å². The molecule has 1 heterocycles. The first kappa shape index (κ1) is 12.5. The van der Waals surface area contributed by atoms with Crippen LogP contribution in [0.25, 0.3) is 0 Å². The average molecular weight is 388 g/mol. The van der Waals surface area contributed by atoms with E-state index in [-0.39, 0.29) is 9.40 Å². The fourth-order valence-electron chi connectivity index (χ4n) is 2.15. The predicted molar refractivity (Wildman–Crippen MR) is 83.7 cm³/mol. The van der Waals surface area contributed by atoms with Gasteiger partial charge in [-0.3, -0.25) is 0 Å². The summed E-state index contributed by atoms with van der Waals surface area (Å²) in [6.07, 6.45) is 0. The molecule has 0 N–H and O–H groups in total. The monoisotopic (exact) mass is 385 g/mol. The molecule has 1 saturated heterocycles. The Hall–Kier alpha value is -0.510. The lowest BCUT2D eigenvalue weighted by molar-refractivity contribution is 1.11. The topological polar surface area (TPSA) is 3.01 Å². The second kappa shape index (κ2) is 4.55. The average Bonchev–Trinajstić information content (AvgIpc) is 2.94. The SMILES string of the molecule is Clc1ccc(C2N(c3ccccc3)C2(Br)Br)cc1. The minimum atomic E-state index is -0.199. The molecule has 2 aromatic rings. The highest BCUT2D eigenvalue weighted by Crippen LogP contribution is 2.63. The summed E-state index contributed by atoms with van der Waals surface area (Å²) in [5.74, 6) is 0. The molecule has 2 aromatic carbocycles. The summed E-state index contributed by atoms with van der Waals surface area (Å²) in [6, 6.07) is 18.6. The van der Waals surface area contributed by atoms with Crippen LogP contribution >= 0.6 is 43.5 Å². The van der Waals surface area contributed by atoms with E-state index >= 15 is 0 Å². The van der Waals surface area contributed by atoms with Gasteiger partial charge in [-0.25, -0.2) is 0 Å². The van der Waals surface area contributed by atoms with Crippen molar-refractivity contribution < 1.29 is 0 Å². The van der Waals surface area contributed by atoms with Crippen LogP contribution in [0.3, 0.4) is 0 Å². The number of nitrogens with zero attached hydrogens (tertiary/aromatic N) is 1. The molecule has 0 bridgehead atoms. The van der Waals surface area contributed by atoms with Crippen LogP contribution in [0.4, 0.5) is 5.69 Å². The van der Waals surface area contributed by atoms with Crippen molar-refractivity contribution in [2.24, 2.45) is 0 Å². The van der Waals surface area contributed by atoms with Crippen LogP contribution in [0.1, 0.15) is 11.6 Å². The third-order valence-electron chi connectivity index (χ3n) is 3.06. The number of anilines is 1. The predicted octanol–water partition coefficient (Wildman–Crippen LogP) is 5.34. The molecular weight excluding hydrogens is 377 g/mol. The summed E-state index contributed by atoms with van der Waals surface area (Å²) < 4.78 is -0.199. The van der Waals surface area contributed by atoms with Crippen molar-refractivity contribution in [1.29, 1.82) is 0 Å². The van der Waals surface area contributed by atoms with Gasteiger partial charge in [-0.15, -0.1) is 0 Å². The number of benzene rings is 2. The van der Waals surface area contributed by atoms with Crippen LogP contribution in [0.5, 0.6) is 0 Å². The van der Waals surface area contributed by atoms with Crippen LogP contribution in [0.15, 0.2) is 54.6 Å². The summed E-state index contributed by atoms with van der Waals surface area (Å²) >= 11 is 13.4. The van der Waals surface area contributed by atoms with Crippen LogP contribution < -0.4 is 4.90 Å². The molecule has 1 nitrogen and oxygen atoms in total. The summed E-state index contributed by atoms with van der Waals surface area (Å²) in [4.78, 5) is 2.27. The van der Waals surface area contributed by atoms with Gasteiger partial charge in [0, 0.05) is 10.7 Å². The summed E-state index contributed by atoms with van der Waals surface area (Å²) in [7, 11) is 0. The summed E-state index contributed by atoms with van der Waals surface area (Å²) in [6.45, 7) is 0. The lowest BCUT2D eigenvalue weighted by atomic mass is 10.1. The first-order valence-corrected chi connectivity index (χ1v) is 7.55. The number of para-hydroxylation sites is 1. The molecule has 1 unspecified atom stereocenters. The standard InChI is InChI=1S/C14H10Br2ClN/c15-14(16)13(10-6-8-11(17)9-7-10)18(14)12-4-2-1-3-5-12/h1-9,13H. The Bertz CT molecular complexity index is 554. The van der Waals surface area contributed by atoms with Gasteiger partial charge in [0.25, 0.3) is 0 Å². The molecular formula is C14H10Br2ClN. The van der Waals surface area contributed by atoms with Gasteiger partial charge in [0.2, 0.25) is 0 Å². The van der Waals surface area contributed by atoms with E-state index in [0.29, 0.717) is 0 Å². The Labute approximate surface area is 128 Å². The Morgan fingerprint density at radius 2 is 1.56 bits per heavy atom. The zero-order valence-corrected chi connectivity index (χ0v) is 13.3. The molecule has 1 fully saturated rings. The molecule has 0 saturated carbocycles. The van der Waals surface area contributed by atoms with Gasteiger partial charge < -0.3 is 4.90 Å². The van der Waals surface area contributed by atoms with E-state index in [2.05, 4.69) is 61.0 Å². The molecule has 1 aliphatic rings. The number of rotatable bonds is 2. The van der Waals surface area contributed by atoms with Crippen molar-refractivity contribution in [3.8, 4) is 0 Å². The third-order valence-corrected chi connectivity index (χ3v) is 4.94. The lowest BCUT2D eigenvalue weighted by Gasteiger charge is -2.05. The molecule has 3 rings (SSSR count). The molecule has 0 spiro atoms. The Morgan fingerprint density at radius 3 is 2.17 bits per heavy atom. The van der Waals surface area contributed by atoms with E-state index in [1.807, 2.05) is 30.3 Å². The van der Waals surface area contributed by atoms with Crippen LogP contribution in [0, 0.1) is 0 Å². The van der Waals surface area contributed by atoms with Crippen LogP contribution in [-0.4, -0.2) is 3.36 Å². The van der Waals surface area contributed by atoms with Gasteiger partial charge in [0.1, 0.15) is 6.04 Å². The first-order chi connectivity index (χ1) is 8.60. The maximum absolute atomic E-state index is 5.92. The molecule has 92 valence electrons. The summed E-state index contributed by atoms with van der Waals surface area (Å²) in [5, 5.41) is 0.764. The molecule has 0 amide bonds. The smallest absolute Gasteiger partial charge is 0.176 e. The van der Waals surface area contributed by atoms with Crippen molar-refractivity contribution in [2.75, 3.05) is 4.90 Å². The second-order valence-electron chi connectivity index (χ2n) is 4.25. The van der Waals surface area contributed by atoms with Crippen molar-refractivity contribution in [3.05, 3.63) is 65.2 Å². The van der Waals surface area contributed by atoms with E-state index in [0.717, 1.165) is 5.02 Å². The molecule has 1 atom stereocenters. The van der Waals surface area contributed by atoms with Gasteiger partial charge in [-0.2, -0.15) is 0 Å². The zero-order chi connectivity index (χ0) is 12.8. The number of halogens is 3. The number of hydrogen-bond acceptors (Lipinski definition) is 1. The highest BCUT2D eigenvalue weighted by molar-refractivity contribution is 9.25. The molecule has 0 aliphatic carbocycles. The van der Waals surface area contributed by atoms with Gasteiger partial charge >= 0.3 is 0 Å². The maximum Gasteiger partial charge on any atom is 0.176 e. The van der Waals surface area contributed by atoms with Crippen molar-refractivity contribution in [1.82, 2.24) is 0 Å². The highest BCUT2D eigenvalue weighted by Gasteiger charge is 2.60. The molecule has 0 aromatic heterocycles.